The van der Waals surface area contributed by atoms with E-state index in [1.807, 2.05) is 32.0 Å². The normalized spacial score (nSPS) is 10.9. The summed E-state index contributed by atoms with van der Waals surface area (Å²) in [6, 6.07) is 5.96. The number of rotatable bonds is 9. The summed E-state index contributed by atoms with van der Waals surface area (Å²) in [6.45, 7) is 9.58. The van der Waals surface area contributed by atoms with Crippen molar-refractivity contribution < 1.29 is 23.5 Å². The molecule has 1 aromatic carbocycles. The van der Waals surface area contributed by atoms with E-state index < -0.39 is 5.97 Å². The lowest BCUT2D eigenvalue weighted by Crippen LogP contribution is -2.08. The summed E-state index contributed by atoms with van der Waals surface area (Å²) in [6.07, 6.45) is 0. The van der Waals surface area contributed by atoms with Gasteiger partial charge < -0.3 is 18.9 Å². The van der Waals surface area contributed by atoms with E-state index in [1.54, 1.807) is 20.8 Å². The highest BCUT2D eigenvalue weighted by molar-refractivity contribution is 7.99. The minimum absolute atomic E-state index is 0.0859. The van der Waals surface area contributed by atoms with E-state index >= 15 is 0 Å². The zero-order chi connectivity index (χ0) is 22.5. The number of thioether (sulfide) groups is 1. The van der Waals surface area contributed by atoms with Crippen LogP contribution in [0.4, 0.5) is 0 Å². The monoisotopic (exact) mass is 443 g/mol. The lowest BCUT2D eigenvalue weighted by Gasteiger charge is -2.07. The van der Waals surface area contributed by atoms with Crippen molar-refractivity contribution in [1.29, 1.82) is 0 Å². The van der Waals surface area contributed by atoms with Crippen molar-refractivity contribution >= 4 is 23.5 Å². The van der Waals surface area contributed by atoms with Crippen molar-refractivity contribution in [2.24, 2.45) is 0 Å². The van der Waals surface area contributed by atoms with Crippen LogP contribution < -0.4 is 4.74 Å². The highest BCUT2D eigenvalue weighted by Gasteiger charge is 2.23. The lowest BCUT2D eigenvalue weighted by molar-refractivity contribution is 0.0525. The highest BCUT2D eigenvalue weighted by Crippen LogP contribution is 2.24. The molecule has 0 aliphatic carbocycles. The number of aromatic nitrogens is 3. The molecule has 0 unspecified atom stereocenters. The maximum Gasteiger partial charge on any atom is 0.340 e. The molecule has 0 aliphatic heterocycles. The molecule has 0 bridgehead atoms. The number of ketones is 1. The molecule has 164 valence electrons. The Morgan fingerprint density at radius 2 is 1.94 bits per heavy atom. The number of H-pyrrole nitrogens is 1. The molecule has 0 radical (unpaired) electrons. The van der Waals surface area contributed by atoms with E-state index in [0.29, 0.717) is 28.4 Å². The van der Waals surface area contributed by atoms with E-state index in [4.69, 9.17) is 13.9 Å². The van der Waals surface area contributed by atoms with Crippen molar-refractivity contribution in [3.05, 3.63) is 57.7 Å². The van der Waals surface area contributed by atoms with Crippen molar-refractivity contribution in [1.82, 2.24) is 15.2 Å². The van der Waals surface area contributed by atoms with Crippen molar-refractivity contribution in [3.8, 4) is 5.75 Å². The van der Waals surface area contributed by atoms with Gasteiger partial charge in [-0.3, -0.25) is 4.79 Å². The van der Waals surface area contributed by atoms with Gasteiger partial charge in [0.15, 0.2) is 12.4 Å². The van der Waals surface area contributed by atoms with Gasteiger partial charge in [0.25, 0.3) is 11.1 Å². The number of aromatic amines is 1. The van der Waals surface area contributed by atoms with Gasteiger partial charge in [0.1, 0.15) is 5.75 Å². The van der Waals surface area contributed by atoms with Crippen molar-refractivity contribution in [2.75, 3.05) is 12.4 Å². The number of carbonyl (C=O) groups excluding carboxylic acids is 2. The van der Waals surface area contributed by atoms with Crippen LogP contribution >= 0.6 is 11.8 Å². The number of Topliss-reactive ketones (excluding diaryl/α,β-unsaturated/α-hetero) is 1. The van der Waals surface area contributed by atoms with Gasteiger partial charge in [0.2, 0.25) is 0 Å². The molecule has 0 fully saturated rings. The Morgan fingerprint density at radius 3 is 2.68 bits per heavy atom. The molecule has 0 saturated heterocycles. The lowest BCUT2D eigenvalue weighted by atomic mass is 10.1. The number of nitrogens with one attached hydrogen (secondary N) is 1. The second-order valence-electron chi connectivity index (χ2n) is 7.08. The first-order chi connectivity index (χ1) is 14.8. The first-order valence-corrected chi connectivity index (χ1v) is 10.8. The predicted molar refractivity (Wildman–Crippen MR) is 116 cm³/mol. The summed E-state index contributed by atoms with van der Waals surface area (Å²) in [4.78, 5) is 27.7. The Bertz CT molecular complexity index is 1100. The average Bonchev–Trinajstić information content (AvgIpc) is 3.30. The quantitative estimate of drug-likeness (QED) is 0.295. The molecule has 0 aliphatic rings. The maximum atomic E-state index is 12.7. The van der Waals surface area contributed by atoms with E-state index in [-0.39, 0.29) is 30.0 Å². The van der Waals surface area contributed by atoms with Crippen LogP contribution in [0.2, 0.25) is 0 Å². The van der Waals surface area contributed by atoms with Crippen LogP contribution in [0, 0.1) is 27.7 Å². The third-order valence-corrected chi connectivity index (χ3v) is 5.48. The van der Waals surface area contributed by atoms with Crippen LogP contribution in [-0.2, 0) is 11.3 Å². The van der Waals surface area contributed by atoms with Crippen molar-refractivity contribution in [2.45, 2.75) is 46.4 Å². The Morgan fingerprint density at radius 1 is 1.16 bits per heavy atom. The van der Waals surface area contributed by atoms with Crippen LogP contribution in [0.5, 0.6) is 5.75 Å². The highest BCUT2D eigenvalue weighted by atomic mass is 32.2. The largest absolute Gasteiger partial charge is 0.484 e. The van der Waals surface area contributed by atoms with E-state index in [0.717, 1.165) is 28.6 Å². The second kappa shape index (κ2) is 9.82. The number of nitrogens with zero attached hydrogens (tertiary/aromatic N) is 2. The zero-order valence-corrected chi connectivity index (χ0v) is 19.0. The van der Waals surface area contributed by atoms with Crippen LogP contribution in [0.15, 0.2) is 27.8 Å². The number of benzene rings is 1. The third-order valence-electron chi connectivity index (χ3n) is 4.67. The molecule has 3 rings (SSSR count). The molecular weight excluding hydrogens is 418 g/mol. The van der Waals surface area contributed by atoms with Gasteiger partial charge in [-0.25, -0.2) is 4.79 Å². The zero-order valence-electron chi connectivity index (χ0n) is 18.2. The van der Waals surface area contributed by atoms with Crippen LogP contribution in [0.3, 0.4) is 0 Å². The summed E-state index contributed by atoms with van der Waals surface area (Å²) in [5.74, 6) is 0.561. The van der Waals surface area contributed by atoms with Crippen LogP contribution in [-0.4, -0.2) is 39.3 Å². The summed E-state index contributed by atoms with van der Waals surface area (Å²) in [5.41, 5.74) is 4.08. The second-order valence-corrected chi connectivity index (χ2v) is 8.00. The molecule has 0 saturated carbocycles. The summed E-state index contributed by atoms with van der Waals surface area (Å²) >= 11 is 1.13. The Hall–Kier alpha value is -3.07. The van der Waals surface area contributed by atoms with E-state index in [2.05, 4.69) is 15.2 Å². The number of hydrogen-bond acceptors (Lipinski definition) is 8. The molecule has 0 atom stereocenters. The summed E-state index contributed by atoms with van der Waals surface area (Å²) < 4.78 is 16.4. The topological polar surface area (TPSA) is 107 Å². The molecule has 1 N–H and O–H groups in total. The molecule has 0 amide bonds. The van der Waals surface area contributed by atoms with Crippen LogP contribution in [0.1, 0.15) is 56.0 Å². The molecule has 9 heteroatoms. The minimum Gasteiger partial charge on any atom is -0.484 e. The smallest absolute Gasteiger partial charge is 0.340 e. The van der Waals surface area contributed by atoms with E-state index in [9.17, 15) is 9.59 Å². The first-order valence-electron chi connectivity index (χ1n) is 9.84. The fourth-order valence-corrected chi connectivity index (χ4v) is 3.75. The Kier molecular flexibility index (Phi) is 7.17. The number of ether oxygens (including phenoxy) is 2. The predicted octanol–water partition coefficient (Wildman–Crippen LogP) is 4.36. The van der Waals surface area contributed by atoms with Gasteiger partial charge in [0.05, 0.1) is 23.6 Å². The number of carbonyl (C=O) groups is 2. The molecular formula is C22H25N3O5S. The fourth-order valence-electron chi connectivity index (χ4n) is 3.09. The molecule has 0 spiro atoms. The Balaban J connectivity index is 1.59. The maximum absolute atomic E-state index is 12.7. The summed E-state index contributed by atoms with van der Waals surface area (Å²) in [7, 11) is 0. The third kappa shape index (κ3) is 5.35. The number of esters is 1. The van der Waals surface area contributed by atoms with Crippen molar-refractivity contribution in [3.63, 3.8) is 0 Å². The standard InChI is InChI=1S/C22H25N3O5S/c1-6-28-21(27)19-14(4)20(23-15(19)5)16(26)11-31-22-25-24-18(30-22)10-29-17-9-12(2)7-8-13(17)3/h7-9,23H,6,10-11H2,1-5H3. The molecule has 2 heterocycles. The number of hydrogen-bond donors (Lipinski definition) is 1. The first kappa shape index (κ1) is 22.6. The molecule has 2 aromatic heterocycles. The SMILES string of the molecule is CCOC(=O)c1c(C)[nH]c(C(=O)CSc2nnc(COc3cc(C)ccc3C)o2)c1C. The van der Waals surface area contributed by atoms with Gasteiger partial charge in [0, 0.05) is 5.69 Å². The Labute approximate surface area is 184 Å². The van der Waals surface area contributed by atoms with Crippen LogP contribution in [0.25, 0.3) is 0 Å². The van der Waals surface area contributed by atoms with E-state index in [1.165, 1.54) is 0 Å². The average molecular weight is 444 g/mol. The van der Waals surface area contributed by atoms with Gasteiger partial charge >= 0.3 is 5.97 Å². The molecule has 31 heavy (non-hydrogen) atoms. The van der Waals surface area contributed by atoms with Gasteiger partial charge in [-0.1, -0.05) is 23.9 Å². The number of aryl methyl sites for hydroxylation is 3. The summed E-state index contributed by atoms with van der Waals surface area (Å²) in [5, 5.41) is 8.21. The van der Waals surface area contributed by atoms with Gasteiger partial charge in [-0.05, 0) is 57.4 Å². The molecule has 3 aromatic rings. The molecule has 8 nitrogen and oxygen atoms in total. The van der Waals surface area contributed by atoms with Gasteiger partial charge in [-0.15, -0.1) is 10.2 Å². The minimum atomic E-state index is -0.439. The van der Waals surface area contributed by atoms with Gasteiger partial charge in [-0.2, -0.15) is 0 Å². The fraction of sp³-hybridized carbons (Fsp3) is 0.364.